The topological polar surface area (TPSA) is 61.4 Å². The molecule has 2 aliphatic rings. The zero-order valence-corrected chi connectivity index (χ0v) is 20.1. The van der Waals surface area contributed by atoms with Gasteiger partial charge in [0, 0.05) is 71.4 Å². The first-order valence-corrected chi connectivity index (χ1v) is 11.8. The second kappa shape index (κ2) is 9.35. The molecule has 1 aromatic carbocycles. The molecule has 6 nitrogen and oxygen atoms in total. The molecule has 172 valence electrons. The van der Waals surface area contributed by atoms with Crippen LogP contribution in [0.15, 0.2) is 77.8 Å². The van der Waals surface area contributed by atoms with Crippen LogP contribution in [0.25, 0.3) is 10.9 Å². The number of allylic oxidation sites excluding steroid dienone is 5. The second-order valence-corrected chi connectivity index (χ2v) is 9.22. The van der Waals surface area contributed by atoms with Crippen LogP contribution in [0.3, 0.4) is 0 Å². The third-order valence-corrected chi connectivity index (χ3v) is 6.83. The lowest BCUT2D eigenvalue weighted by atomic mass is 9.84. The molecule has 0 amide bonds. The van der Waals surface area contributed by atoms with E-state index in [1.807, 2.05) is 49.7 Å². The van der Waals surface area contributed by atoms with Crippen molar-refractivity contribution in [3.05, 3.63) is 89.7 Å². The van der Waals surface area contributed by atoms with Crippen LogP contribution in [0.1, 0.15) is 29.9 Å². The Labute approximate surface area is 203 Å². The van der Waals surface area contributed by atoms with Crippen molar-refractivity contribution in [2.24, 2.45) is 18.1 Å². The third kappa shape index (κ3) is 4.31. The van der Waals surface area contributed by atoms with Crippen molar-refractivity contribution in [3.8, 4) is 0 Å². The molecule has 7 heteroatoms. The largest absolute Gasteiger partial charge is 0.358 e. The van der Waals surface area contributed by atoms with Gasteiger partial charge in [0.2, 0.25) is 0 Å². The number of aryl methyl sites for hydroxylation is 2. The maximum absolute atomic E-state index is 12.5. The monoisotopic (exact) mass is 470 g/mol. The number of para-hydroxylation sites is 1. The summed E-state index contributed by atoms with van der Waals surface area (Å²) in [6.07, 6.45) is 15.3. The highest BCUT2D eigenvalue weighted by atomic mass is 32.1. The van der Waals surface area contributed by atoms with Gasteiger partial charge in [0.1, 0.15) is 5.82 Å². The Balaban J connectivity index is 1.48. The number of oxime groups is 1. The predicted octanol–water partition coefficient (Wildman–Crippen LogP) is 5.01. The fourth-order valence-electron chi connectivity index (χ4n) is 4.81. The number of benzene rings is 1. The molecule has 5 rings (SSSR count). The number of fused-ring (bicyclic) bond motifs is 3. The van der Waals surface area contributed by atoms with Crippen molar-refractivity contribution < 1.29 is 9.63 Å². The minimum absolute atomic E-state index is 0.101. The van der Waals surface area contributed by atoms with E-state index in [4.69, 9.17) is 17.1 Å². The van der Waals surface area contributed by atoms with Crippen LogP contribution in [0.4, 0.5) is 0 Å². The Morgan fingerprint density at radius 2 is 2.21 bits per heavy atom. The maximum Gasteiger partial charge on any atom is 0.358 e. The molecule has 0 bridgehead atoms. The molecule has 0 spiro atoms. The van der Waals surface area contributed by atoms with Gasteiger partial charge in [0.25, 0.3) is 0 Å². The van der Waals surface area contributed by atoms with Crippen LogP contribution >= 0.6 is 12.2 Å². The summed E-state index contributed by atoms with van der Waals surface area (Å²) in [6, 6.07) is 8.31. The normalized spacial score (nSPS) is 19.1. The molecule has 3 aromatic rings. The third-order valence-electron chi connectivity index (χ3n) is 6.54. The highest BCUT2D eigenvalue weighted by molar-refractivity contribution is 7.80. The fraction of sp³-hybridized carbons (Fsp3) is 0.259. The second-order valence-electron chi connectivity index (χ2n) is 8.70. The van der Waals surface area contributed by atoms with E-state index in [1.165, 1.54) is 11.8 Å². The van der Waals surface area contributed by atoms with E-state index in [0.717, 1.165) is 64.2 Å². The van der Waals surface area contributed by atoms with E-state index in [-0.39, 0.29) is 5.92 Å². The van der Waals surface area contributed by atoms with Crippen molar-refractivity contribution in [3.63, 3.8) is 0 Å². The minimum atomic E-state index is -0.511. The predicted molar refractivity (Wildman–Crippen MR) is 138 cm³/mol. The number of rotatable bonds is 5. The average molecular weight is 471 g/mol. The minimum Gasteiger partial charge on any atom is -0.347 e. The number of aromatic nitrogens is 3. The Morgan fingerprint density at radius 3 is 3.00 bits per heavy atom. The lowest BCUT2D eigenvalue weighted by Gasteiger charge is -2.25. The van der Waals surface area contributed by atoms with E-state index < -0.39 is 5.97 Å². The SMILES string of the molecule is Cc1nccn1CC1CCc2c(c3ccccc3n2C)/C1=N/OC(=O)C=CC1=CC(=S)CC=C1. The van der Waals surface area contributed by atoms with E-state index in [1.54, 1.807) is 6.08 Å². The van der Waals surface area contributed by atoms with Crippen LogP contribution in [-0.2, 0) is 29.6 Å². The van der Waals surface area contributed by atoms with Crippen molar-refractivity contribution in [2.75, 3.05) is 0 Å². The first-order chi connectivity index (χ1) is 16.5. The molecule has 2 aliphatic carbocycles. The lowest BCUT2D eigenvalue weighted by molar-refractivity contribution is -0.137. The van der Waals surface area contributed by atoms with Gasteiger partial charge in [-0.3, -0.25) is 0 Å². The van der Waals surface area contributed by atoms with E-state index in [9.17, 15) is 4.79 Å². The Hall–Kier alpha value is -3.58. The van der Waals surface area contributed by atoms with Gasteiger partial charge in [-0.15, -0.1) is 0 Å². The standard InChI is InChI=1S/C27H26N4O2S/c1-18-28-14-15-31(18)17-20-11-12-24-26(22-8-3-4-9-23(22)30(24)2)27(20)29-33-25(32)13-10-19-6-5-7-21(34)16-19/h3-6,8-10,13-16,20H,7,11-12,17H2,1-2H3/b13-10?,29-27+. The van der Waals surface area contributed by atoms with Crippen LogP contribution in [0.5, 0.6) is 0 Å². The van der Waals surface area contributed by atoms with Crippen LogP contribution in [-0.4, -0.2) is 30.7 Å². The zero-order valence-electron chi connectivity index (χ0n) is 19.3. The first-order valence-electron chi connectivity index (χ1n) is 11.4. The van der Waals surface area contributed by atoms with Crippen molar-refractivity contribution >= 4 is 39.7 Å². The Kier molecular flexibility index (Phi) is 6.11. The number of thiocarbonyl (C=S) groups is 1. The zero-order chi connectivity index (χ0) is 23.7. The van der Waals surface area contributed by atoms with Crippen molar-refractivity contribution in [1.82, 2.24) is 14.1 Å². The molecular formula is C27H26N4O2S. The highest BCUT2D eigenvalue weighted by Gasteiger charge is 2.31. The summed E-state index contributed by atoms with van der Waals surface area (Å²) in [5.74, 6) is 0.544. The fourth-order valence-corrected chi connectivity index (χ4v) is 5.04. The van der Waals surface area contributed by atoms with Crippen LogP contribution < -0.4 is 0 Å². The molecule has 0 N–H and O–H groups in total. The maximum atomic E-state index is 12.5. The van der Waals surface area contributed by atoms with Crippen LogP contribution in [0, 0.1) is 12.8 Å². The molecule has 0 aliphatic heterocycles. The van der Waals surface area contributed by atoms with E-state index in [2.05, 4.69) is 38.5 Å². The summed E-state index contributed by atoms with van der Waals surface area (Å²) in [5, 5.41) is 5.59. The molecule has 0 saturated carbocycles. The number of hydrogen-bond acceptors (Lipinski definition) is 5. The quantitative estimate of drug-likeness (QED) is 0.228. The molecule has 2 aromatic heterocycles. The summed E-state index contributed by atoms with van der Waals surface area (Å²) in [6.45, 7) is 2.73. The molecule has 34 heavy (non-hydrogen) atoms. The smallest absolute Gasteiger partial charge is 0.347 e. The van der Waals surface area contributed by atoms with E-state index >= 15 is 0 Å². The number of imidazole rings is 1. The summed E-state index contributed by atoms with van der Waals surface area (Å²) < 4.78 is 4.36. The van der Waals surface area contributed by atoms with Gasteiger partial charge in [-0.1, -0.05) is 47.7 Å². The lowest BCUT2D eigenvalue weighted by Crippen LogP contribution is -2.28. The molecule has 0 radical (unpaired) electrons. The summed E-state index contributed by atoms with van der Waals surface area (Å²) >= 11 is 5.24. The van der Waals surface area contributed by atoms with Gasteiger partial charge in [-0.05, 0) is 43.6 Å². The first kappa shape index (κ1) is 22.2. The number of nitrogens with zero attached hydrogens (tertiary/aromatic N) is 4. The van der Waals surface area contributed by atoms with Crippen LogP contribution in [0.2, 0.25) is 0 Å². The van der Waals surface area contributed by atoms with Gasteiger partial charge < -0.3 is 14.0 Å². The molecule has 0 fully saturated rings. The average Bonchev–Trinajstić information content (AvgIpc) is 3.37. The van der Waals surface area contributed by atoms with Gasteiger partial charge in [0.05, 0.1) is 5.71 Å². The molecule has 1 atom stereocenters. The van der Waals surface area contributed by atoms with Crippen molar-refractivity contribution in [1.29, 1.82) is 0 Å². The summed E-state index contributed by atoms with van der Waals surface area (Å²) in [5.41, 5.74) is 5.13. The van der Waals surface area contributed by atoms with Gasteiger partial charge >= 0.3 is 5.97 Å². The van der Waals surface area contributed by atoms with Gasteiger partial charge in [0.15, 0.2) is 0 Å². The Bertz CT molecular complexity index is 1400. The van der Waals surface area contributed by atoms with E-state index in [0.29, 0.717) is 0 Å². The molecule has 0 saturated heterocycles. The Morgan fingerprint density at radius 1 is 1.35 bits per heavy atom. The summed E-state index contributed by atoms with van der Waals surface area (Å²) in [7, 11) is 2.09. The summed E-state index contributed by atoms with van der Waals surface area (Å²) in [4.78, 5) is 23.2. The number of carbonyl (C=O) groups is 1. The van der Waals surface area contributed by atoms with Crippen molar-refractivity contribution in [2.45, 2.75) is 32.7 Å². The number of carbonyl (C=O) groups excluding carboxylic acids is 1. The number of hydrogen-bond donors (Lipinski definition) is 0. The molecule has 2 heterocycles. The molecular weight excluding hydrogens is 444 g/mol. The van der Waals surface area contributed by atoms with Gasteiger partial charge in [-0.25, -0.2) is 9.78 Å². The van der Waals surface area contributed by atoms with Gasteiger partial charge in [-0.2, -0.15) is 0 Å². The highest BCUT2D eigenvalue weighted by Crippen LogP contribution is 2.35. The molecule has 1 unspecified atom stereocenters.